The molecule has 5 nitrogen and oxygen atoms in total. The third kappa shape index (κ3) is 4.38. The van der Waals surface area contributed by atoms with Crippen LogP contribution in [0.25, 0.3) is 11.1 Å². The fourth-order valence-corrected chi connectivity index (χ4v) is 3.42. The minimum Gasteiger partial charge on any atom is -0.384 e. The maximum Gasteiger partial charge on any atom is 0.115 e. The van der Waals surface area contributed by atoms with Gasteiger partial charge in [-0.15, -0.1) is 0 Å². The van der Waals surface area contributed by atoms with Crippen LogP contribution in [0.4, 0.5) is 0 Å². The van der Waals surface area contributed by atoms with E-state index >= 15 is 0 Å². The van der Waals surface area contributed by atoms with Gasteiger partial charge < -0.3 is 15.4 Å². The predicted molar refractivity (Wildman–Crippen MR) is 95.6 cm³/mol. The van der Waals surface area contributed by atoms with Gasteiger partial charge in [0.05, 0.1) is 6.61 Å². The van der Waals surface area contributed by atoms with Crippen molar-refractivity contribution in [3.63, 3.8) is 0 Å². The first-order valence-electron chi connectivity index (χ1n) is 8.56. The van der Waals surface area contributed by atoms with Crippen LogP contribution in [0.3, 0.4) is 0 Å². The lowest BCUT2D eigenvalue weighted by Gasteiger charge is -2.37. The lowest BCUT2D eigenvalue weighted by Crippen LogP contribution is -2.45. The van der Waals surface area contributed by atoms with Gasteiger partial charge in [-0.1, -0.05) is 18.2 Å². The van der Waals surface area contributed by atoms with Gasteiger partial charge in [-0.05, 0) is 43.1 Å². The molecule has 0 radical (unpaired) electrons. The highest BCUT2D eigenvalue weighted by Gasteiger charge is 2.31. The van der Waals surface area contributed by atoms with Crippen molar-refractivity contribution >= 4 is 0 Å². The zero-order valence-corrected chi connectivity index (χ0v) is 14.3. The van der Waals surface area contributed by atoms with Crippen LogP contribution in [0, 0.1) is 5.41 Å². The van der Waals surface area contributed by atoms with E-state index in [2.05, 4.69) is 44.9 Å². The summed E-state index contributed by atoms with van der Waals surface area (Å²) in [6.45, 7) is 4.83. The molecule has 0 amide bonds. The van der Waals surface area contributed by atoms with Crippen molar-refractivity contribution in [3.8, 4) is 11.1 Å². The molecule has 2 N–H and O–H groups in total. The number of hydrogen-bond donors (Lipinski definition) is 2. The Kier molecular flexibility index (Phi) is 5.91. The van der Waals surface area contributed by atoms with Crippen molar-refractivity contribution in [2.75, 3.05) is 33.4 Å². The third-order valence-corrected chi connectivity index (χ3v) is 4.76. The molecule has 0 atom stereocenters. The molecule has 0 bridgehead atoms. The van der Waals surface area contributed by atoms with Crippen LogP contribution >= 0.6 is 0 Å². The first kappa shape index (κ1) is 17.0. The van der Waals surface area contributed by atoms with Crippen molar-refractivity contribution in [3.05, 3.63) is 48.5 Å². The molecule has 0 unspecified atom stereocenters. The number of ether oxygens (including phenoxy) is 1. The second kappa shape index (κ2) is 8.33. The van der Waals surface area contributed by atoms with Crippen LogP contribution < -0.4 is 10.6 Å². The van der Waals surface area contributed by atoms with Gasteiger partial charge in [0.1, 0.15) is 6.33 Å². The Morgan fingerprint density at radius 1 is 1.17 bits per heavy atom. The first-order valence-corrected chi connectivity index (χ1v) is 8.56. The Morgan fingerprint density at radius 2 is 1.96 bits per heavy atom. The highest BCUT2D eigenvalue weighted by Crippen LogP contribution is 2.28. The molecule has 5 heteroatoms. The van der Waals surface area contributed by atoms with Gasteiger partial charge in [-0.25, -0.2) is 9.97 Å². The van der Waals surface area contributed by atoms with Gasteiger partial charge in [0.15, 0.2) is 0 Å². The van der Waals surface area contributed by atoms with E-state index in [-0.39, 0.29) is 5.41 Å². The summed E-state index contributed by atoms with van der Waals surface area (Å²) in [5.41, 5.74) is 3.74. The number of methoxy groups -OCH3 is 1. The standard InChI is InChI=1S/C19H26N4O/c1-24-14-19(5-7-20-8-6-19)13-21-10-16-3-2-4-17(9-16)18-11-22-15-23-12-18/h2-4,9,11-12,15,20-21H,5-8,10,13-14H2,1H3. The summed E-state index contributed by atoms with van der Waals surface area (Å²) in [4.78, 5) is 8.19. The molecular weight excluding hydrogens is 300 g/mol. The summed E-state index contributed by atoms with van der Waals surface area (Å²) in [7, 11) is 1.80. The summed E-state index contributed by atoms with van der Waals surface area (Å²) in [5, 5.41) is 7.07. The molecular formula is C19H26N4O. The molecule has 2 heterocycles. The Hall–Kier alpha value is -1.82. The third-order valence-electron chi connectivity index (χ3n) is 4.76. The average Bonchev–Trinajstić information content (AvgIpc) is 2.64. The molecule has 2 aromatic rings. The molecule has 1 aromatic carbocycles. The van der Waals surface area contributed by atoms with Crippen LogP contribution in [-0.2, 0) is 11.3 Å². The van der Waals surface area contributed by atoms with Crippen molar-refractivity contribution in [1.82, 2.24) is 20.6 Å². The van der Waals surface area contributed by atoms with E-state index in [4.69, 9.17) is 4.74 Å². The van der Waals surface area contributed by atoms with Crippen LogP contribution in [0.1, 0.15) is 18.4 Å². The number of rotatable bonds is 7. The highest BCUT2D eigenvalue weighted by molar-refractivity contribution is 5.62. The fourth-order valence-electron chi connectivity index (χ4n) is 3.42. The number of nitrogens with zero attached hydrogens (tertiary/aromatic N) is 2. The Balaban J connectivity index is 1.60. The van der Waals surface area contributed by atoms with Gasteiger partial charge >= 0.3 is 0 Å². The van der Waals surface area contributed by atoms with E-state index in [1.54, 1.807) is 13.4 Å². The molecule has 3 rings (SSSR count). The van der Waals surface area contributed by atoms with E-state index in [0.29, 0.717) is 0 Å². The largest absolute Gasteiger partial charge is 0.384 e. The van der Waals surface area contributed by atoms with Crippen molar-refractivity contribution in [2.45, 2.75) is 19.4 Å². The smallest absolute Gasteiger partial charge is 0.115 e. The minimum atomic E-state index is 0.255. The summed E-state index contributed by atoms with van der Waals surface area (Å²) in [6.07, 6.45) is 7.58. The molecule has 1 fully saturated rings. The van der Waals surface area contributed by atoms with E-state index in [0.717, 1.165) is 56.8 Å². The number of benzene rings is 1. The number of nitrogens with one attached hydrogen (secondary N) is 2. The Morgan fingerprint density at radius 3 is 2.71 bits per heavy atom. The Bertz CT molecular complexity index is 621. The molecule has 1 aliphatic heterocycles. The van der Waals surface area contributed by atoms with E-state index in [9.17, 15) is 0 Å². The SMILES string of the molecule is COCC1(CNCc2cccc(-c3cncnc3)c2)CCNCC1. The number of hydrogen-bond acceptors (Lipinski definition) is 5. The van der Waals surface area contributed by atoms with Crippen LogP contribution in [0.2, 0.25) is 0 Å². The number of piperidine rings is 1. The van der Waals surface area contributed by atoms with E-state index in [1.165, 1.54) is 5.56 Å². The maximum absolute atomic E-state index is 5.48. The molecule has 1 aliphatic rings. The fraction of sp³-hybridized carbons (Fsp3) is 0.474. The van der Waals surface area contributed by atoms with Crippen molar-refractivity contribution in [1.29, 1.82) is 0 Å². The molecule has 24 heavy (non-hydrogen) atoms. The van der Waals surface area contributed by atoms with Gasteiger partial charge in [0.25, 0.3) is 0 Å². The summed E-state index contributed by atoms with van der Waals surface area (Å²) >= 11 is 0. The van der Waals surface area contributed by atoms with Gasteiger partial charge in [0.2, 0.25) is 0 Å². The molecule has 0 aliphatic carbocycles. The lowest BCUT2D eigenvalue weighted by atomic mass is 9.79. The van der Waals surface area contributed by atoms with Gasteiger partial charge in [0, 0.05) is 43.6 Å². The van der Waals surface area contributed by atoms with Crippen LogP contribution in [0.15, 0.2) is 43.0 Å². The Labute approximate surface area is 143 Å². The normalized spacial score (nSPS) is 16.9. The lowest BCUT2D eigenvalue weighted by molar-refractivity contribution is 0.0534. The second-order valence-electron chi connectivity index (χ2n) is 6.61. The van der Waals surface area contributed by atoms with E-state index < -0.39 is 0 Å². The summed E-state index contributed by atoms with van der Waals surface area (Å²) in [5.74, 6) is 0. The zero-order valence-electron chi connectivity index (χ0n) is 14.3. The minimum absolute atomic E-state index is 0.255. The summed E-state index contributed by atoms with van der Waals surface area (Å²) in [6, 6.07) is 8.55. The van der Waals surface area contributed by atoms with Gasteiger partial charge in [-0.2, -0.15) is 0 Å². The average molecular weight is 326 g/mol. The van der Waals surface area contributed by atoms with Gasteiger partial charge in [-0.3, -0.25) is 0 Å². The maximum atomic E-state index is 5.48. The van der Waals surface area contributed by atoms with Crippen LogP contribution in [0.5, 0.6) is 0 Å². The van der Waals surface area contributed by atoms with Crippen LogP contribution in [-0.4, -0.2) is 43.3 Å². The predicted octanol–water partition coefficient (Wildman–Crippen LogP) is 2.25. The molecule has 128 valence electrons. The molecule has 1 saturated heterocycles. The van der Waals surface area contributed by atoms with Crippen molar-refractivity contribution in [2.24, 2.45) is 5.41 Å². The first-order chi connectivity index (χ1) is 11.8. The molecule has 0 spiro atoms. The highest BCUT2D eigenvalue weighted by atomic mass is 16.5. The zero-order chi connectivity index (χ0) is 16.7. The monoisotopic (exact) mass is 326 g/mol. The van der Waals surface area contributed by atoms with E-state index in [1.807, 2.05) is 12.4 Å². The topological polar surface area (TPSA) is 59.1 Å². The summed E-state index contributed by atoms with van der Waals surface area (Å²) < 4.78 is 5.48. The second-order valence-corrected chi connectivity index (χ2v) is 6.61. The quantitative estimate of drug-likeness (QED) is 0.817. The molecule has 1 aromatic heterocycles. The number of aromatic nitrogens is 2. The molecule has 0 saturated carbocycles. The van der Waals surface area contributed by atoms with Crippen molar-refractivity contribution < 1.29 is 4.74 Å².